The van der Waals surface area contributed by atoms with E-state index in [1.807, 2.05) is 20.8 Å². The molecule has 0 unspecified atom stereocenters. The number of para-hydroxylation sites is 1. The molecule has 0 spiro atoms. The third-order valence-electron chi connectivity index (χ3n) is 3.80. The summed E-state index contributed by atoms with van der Waals surface area (Å²) >= 11 is 0. The topological polar surface area (TPSA) is 72.2 Å². The summed E-state index contributed by atoms with van der Waals surface area (Å²) in [7, 11) is -3.38. The SMILES string of the molecule is CCC(CC)(CC)NS(=O)(=O)Cc1ccccc1N. The summed E-state index contributed by atoms with van der Waals surface area (Å²) in [5.74, 6) is -0.0680. The van der Waals surface area contributed by atoms with Crippen LogP contribution in [0.3, 0.4) is 0 Å². The fourth-order valence-electron chi connectivity index (χ4n) is 2.20. The largest absolute Gasteiger partial charge is 0.398 e. The molecule has 0 aliphatic rings. The molecule has 1 aromatic rings. The van der Waals surface area contributed by atoms with Crippen LogP contribution in [0.15, 0.2) is 24.3 Å². The number of hydrogen-bond donors (Lipinski definition) is 2. The lowest BCUT2D eigenvalue weighted by atomic mass is 9.91. The van der Waals surface area contributed by atoms with Crippen molar-refractivity contribution in [3.63, 3.8) is 0 Å². The average molecular weight is 284 g/mol. The first kappa shape index (κ1) is 16.0. The molecule has 0 aromatic heterocycles. The van der Waals surface area contributed by atoms with Gasteiger partial charge in [0.05, 0.1) is 5.75 Å². The molecule has 0 aliphatic heterocycles. The molecule has 0 radical (unpaired) electrons. The lowest BCUT2D eigenvalue weighted by Gasteiger charge is -2.31. The van der Waals surface area contributed by atoms with Gasteiger partial charge in [0.25, 0.3) is 0 Å². The van der Waals surface area contributed by atoms with E-state index in [0.717, 1.165) is 19.3 Å². The first-order valence-electron chi connectivity index (χ1n) is 6.73. The number of benzene rings is 1. The van der Waals surface area contributed by atoms with Crippen molar-refractivity contribution < 1.29 is 8.42 Å². The van der Waals surface area contributed by atoms with Crippen molar-refractivity contribution in [1.82, 2.24) is 4.72 Å². The number of rotatable bonds is 7. The molecule has 19 heavy (non-hydrogen) atoms. The van der Waals surface area contributed by atoms with Gasteiger partial charge in [-0.05, 0) is 30.9 Å². The average Bonchev–Trinajstić information content (AvgIpc) is 2.39. The quantitative estimate of drug-likeness (QED) is 0.756. The van der Waals surface area contributed by atoms with E-state index in [1.165, 1.54) is 0 Å². The molecule has 0 aliphatic carbocycles. The van der Waals surface area contributed by atoms with E-state index in [2.05, 4.69) is 4.72 Å². The first-order chi connectivity index (χ1) is 8.88. The summed E-state index contributed by atoms with van der Waals surface area (Å²) in [6.07, 6.45) is 2.34. The van der Waals surface area contributed by atoms with Gasteiger partial charge in [0.15, 0.2) is 0 Å². The number of sulfonamides is 1. The van der Waals surface area contributed by atoms with Crippen LogP contribution in [0.1, 0.15) is 45.6 Å². The summed E-state index contributed by atoms with van der Waals surface area (Å²) in [5.41, 5.74) is 6.61. The van der Waals surface area contributed by atoms with E-state index in [4.69, 9.17) is 5.73 Å². The van der Waals surface area contributed by atoms with Crippen LogP contribution in [0.4, 0.5) is 5.69 Å². The van der Waals surface area contributed by atoms with Gasteiger partial charge in [0.2, 0.25) is 10.0 Å². The smallest absolute Gasteiger partial charge is 0.216 e. The summed E-state index contributed by atoms with van der Waals surface area (Å²) < 4.78 is 27.4. The van der Waals surface area contributed by atoms with E-state index in [0.29, 0.717) is 11.3 Å². The van der Waals surface area contributed by atoms with Crippen molar-refractivity contribution in [3.8, 4) is 0 Å². The minimum Gasteiger partial charge on any atom is -0.398 e. The van der Waals surface area contributed by atoms with E-state index in [1.54, 1.807) is 24.3 Å². The van der Waals surface area contributed by atoms with E-state index >= 15 is 0 Å². The van der Waals surface area contributed by atoms with Crippen LogP contribution >= 0.6 is 0 Å². The number of anilines is 1. The van der Waals surface area contributed by atoms with E-state index in [-0.39, 0.29) is 11.3 Å². The minimum absolute atomic E-state index is 0.0680. The number of nitrogens with two attached hydrogens (primary N) is 1. The summed E-state index contributed by atoms with van der Waals surface area (Å²) in [6.45, 7) is 6.02. The van der Waals surface area contributed by atoms with Crippen molar-refractivity contribution in [2.45, 2.75) is 51.3 Å². The summed E-state index contributed by atoms with van der Waals surface area (Å²) in [4.78, 5) is 0. The molecule has 0 amide bonds. The Balaban J connectivity index is 2.91. The Morgan fingerprint density at radius 3 is 2.11 bits per heavy atom. The molecule has 1 rings (SSSR count). The minimum atomic E-state index is -3.38. The highest BCUT2D eigenvalue weighted by Gasteiger charge is 2.29. The maximum Gasteiger partial charge on any atom is 0.216 e. The van der Waals surface area contributed by atoms with E-state index < -0.39 is 10.0 Å². The Kier molecular flexibility index (Phi) is 5.38. The van der Waals surface area contributed by atoms with Crippen molar-refractivity contribution >= 4 is 15.7 Å². The molecule has 0 atom stereocenters. The molecule has 4 nitrogen and oxygen atoms in total. The zero-order valence-electron chi connectivity index (χ0n) is 11.9. The predicted octanol–water partition coefficient (Wildman–Crippen LogP) is 2.66. The van der Waals surface area contributed by atoms with Crippen LogP contribution in [-0.2, 0) is 15.8 Å². The van der Waals surface area contributed by atoms with Gasteiger partial charge in [-0.1, -0.05) is 39.0 Å². The Morgan fingerprint density at radius 1 is 1.11 bits per heavy atom. The molecule has 1 aromatic carbocycles. The number of hydrogen-bond acceptors (Lipinski definition) is 3. The Bertz CT molecular complexity index is 500. The summed E-state index contributed by atoms with van der Waals surface area (Å²) in [6, 6.07) is 7.07. The van der Waals surface area contributed by atoms with E-state index in [9.17, 15) is 8.42 Å². The standard InChI is InChI=1S/C14H24N2O2S/c1-4-14(5-2,6-3)16-19(17,18)11-12-9-7-8-10-13(12)15/h7-10,16H,4-6,11,15H2,1-3H3. The van der Waals surface area contributed by atoms with Gasteiger partial charge >= 0.3 is 0 Å². The van der Waals surface area contributed by atoms with Gasteiger partial charge in [-0.3, -0.25) is 0 Å². The molecule has 0 bridgehead atoms. The number of nitrogen functional groups attached to an aromatic ring is 1. The highest BCUT2D eigenvalue weighted by molar-refractivity contribution is 7.88. The Morgan fingerprint density at radius 2 is 1.63 bits per heavy atom. The van der Waals surface area contributed by atoms with Crippen molar-refractivity contribution in [3.05, 3.63) is 29.8 Å². The van der Waals surface area contributed by atoms with Crippen molar-refractivity contribution in [2.75, 3.05) is 5.73 Å². The number of nitrogens with one attached hydrogen (secondary N) is 1. The second-order valence-corrected chi connectivity index (χ2v) is 6.62. The molecule has 0 fully saturated rings. The molecule has 0 heterocycles. The molecule has 5 heteroatoms. The zero-order valence-corrected chi connectivity index (χ0v) is 12.8. The van der Waals surface area contributed by atoms with Crippen LogP contribution in [0.5, 0.6) is 0 Å². The lowest BCUT2D eigenvalue weighted by molar-refractivity contribution is 0.341. The molecule has 0 saturated carbocycles. The maximum atomic E-state index is 12.3. The van der Waals surface area contributed by atoms with Gasteiger partial charge in [0.1, 0.15) is 0 Å². The van der Waals surface area contributed by atoms with Crippen LogP contribution < -0.4 is 10.5 Å². The maximum absolute atomic E-state index is 12.3. The van der Waals surface area contributed by atoms with Gasteiger partial charge < -0.3 is 5.73 Å². The monoisotopic (exact) mass is 284 g/mol. The normalized spacial score (nSPS) is 12.6. The summed E-state index contributed by atoms with van der Waals surface area (Å²) in [5, 5.41) is 0. The lowest BCUT2D eigenvalue weighted by Crippen LogP contribution is -2.47. The van der Waals surface area contributed by atoms with Gasteiger partial charge in [-0.2, -0.15) is 0 Å². The predicted molar refractivity (Wildman–Crippen MR) is 80.2 cm³/mol. The third-order valence-corrected chi connectivity index (χ3v) is 5.24. The fourth-order valence-corrected chi connectivity index (χ4v) is 4.04. The van der Waals surface area contributed by atoms with Crippen molar-refractivity contribution in [2.24, 2.45) is 0 Å². The van der Waals surface area contributed by atoms with Crippen LogP contribution in [-0.4, -0.2) is 14.0 Å². The van der Waals surface area contributed by atoms with Crippen molar-refractivity contribution in [1.29, 1.82) is 0 Å². The fraction of sp³-hybridized carbons (Fsp3) is 0.571. The molecule has 108 valence electrons. The molecule has 0 saturated heterocycles. The second-order valence-electron chi connectivity index (χ2n) is 4.90. The van der Waals surface area contributed by atoms with Crippen LogP contribution in [0, 0.1) is 0 Å². The van der Waals surface area contributed by atoms with Crippen LogP contribution in [0.2, 0.25) is 0 Å². The first-order valence-corrected chi connectivity index (χ1v) is 8.38. The van der Waals surface area contributed by atoms with Gasteiger partial charge in [-0.25, -0.2) is 13.1 Å². The van der Waals surface area contributed by atoms with Gasteiger partial charge in [-0.15, -0.1) is 0 Å². The zero-order chi connectivity index (χ0) is 14.5. The molecular weight excluding hydrogens is 260 g/mol. The highest BCUT2D eigenvalue weighted by Crippen LogP contribution is 2.22. The Labute approximate surface area is 116 Å². The van der Waals surface area contributed by atoms with Gasteiger partial charge in [0, 0.05) is 11.2 Å². The third kappa shape index (κ3) is 4.21. The molecular formula is C14H24N2O2S. The van der Waals surface area contributed by atoms with Crippen LogP contribution in [0.25, 0.3) is 0 Å². The molecule has 3 N–H and O–H groups in total. The highest BCUT2D eigenvalue weighted by atomic mass is 32.2. The Hall–Kier alpha value is -1.07. The second kappa shape index (κ2) is 6.39.